The molecule has 266 valence electrons. The van der Waals surface area contributed by atoms with Gasteiger partial charge in [-0.05, 0) is 116 Å². The number of allylic oxidation sites excluding steroid dienone is 2. The van der Waals surface area contributed by atoms with Gasteiger partial charge in [0.25, 0.3) is 5.91 Å². The van der Waals surface area contributed by atoms with Crippen LogP contribution in [0, 0.1) is 23.7 Å². The molecule has 2 fully saturated rings. The summed E-state index contributed by atoms with van der Waals surface area (Å²) in [5, 5.41) is 11.2. The first-order chi connectivity index (χ1) is 23.5. The van der Waals surface area contributed by atoms with E-state index in [-0.39, 0.29) is 28.7 Å². The van der Waals surface area contributed by atoms with Gasteiger partial charge in [-0.25, -0.2) is 13.1 Å². The van der Waals surface area contributed by atoms with E-state index in [9.17, 15) is 18.3 Å². The number of aliphatic hydroxyl groups is 1. The Bertz CT molecular complexity index is 1660. The van der Waals surface area contributed by atoms with Crippen molar-refractivity contribution in [1.29, 1.82) is 0 Å². The molecule has 2 saturated carbocycles. The first-order valence-electron chi connectivity index (χ1n) is 18.4. The van der Waals surface area contributed by atoms with Gasteiger partial charge in [-0.1, -0.05) is 69.0 Å². The molecule has 2 N–H and O–H groups in total. The van der Waals surface area contributed by atoms with Gasteiger partial charge in [0.15, 0.2) is 0 Å². The van der Waals surface area contributed by atoms with E-state index in [1.165, 1.54) is 11.1 Å². The number of nitrogens with zero attached hydrogens (tertiary/aromatic N) is 1. The molecule has 2 aromatic carbocycles. The van der Waals surface area contributed by atoms with Crippen molar-refractivity contribution in [2.45, 2.75) is 101 Å². The number of carbonyl (C=O) groups is 1. The van der Waals surface area contributed by atoms with E-state index in [1.807, 2.05) is 25.1 Å². The summed E-state index contributed by atoms with van der Waals surface area (Å²) in [5.74, 6) is 0.737. The molecule has 6 rings (SSSR count). The summed E-state index contributed by atoms with van der Waals surface area (Å²) in [6.07, 6.45) is 15.4. The zero-order valence-electron chi connectivity index (χ0n) is 29.1. The number of sulfonamides is 1. The van der Waals surface area contributed by atoms with Crippen molar-refractivity contribution in [1.82, 2.24) is 4.72 Å². The Labute approximate surface area is 298 Å². The molecule has 4 aliphatic rings. The molecule has 6 atom stereocenters. The highest BCUT2D eigenvalue weighted by molar-refractivity contribution is 7.90. The molecular formula is C40H53ClN2O5S. The third-order valence-corrected chi connectivity index (χ3v) is 13.7. The SMILES string of the molecule is C=CC[C@@H](C)[C@@H](CC1CC1)S(=O)(=O)NC(=O)c1ccc2c(c1)N(C[C@@H]1CC[C@H]1[C@@H](O)/C=C/CCC)C[C@@]1(CCCc3cc(Cl)ccc31)CO2. The van der Waals surface area contributed by atoms with Gasteiger partial charge in [-0.2, -0.15) is 0 Å². The lowest BCUT2D eigenvalue weighted by Crippen LogP contribution is -2.49. The standard InChI is InChI=1S/C40H53ClN2O5S/c1-4-6-7-11-36(44)33-17-14-31(33)24-43-25-40(20-8-10-29-22-32(41)16-18-34(29)40)26-48-37-19-15-30(23-35(37)43)39(45)42-49(46,47)38(21-28-12-13-28)27(3)9-5-2/h5,7,11,15-16,18-19,22-23,27-28,31,33,36,38,44H,2,4,6,8-10,12-14,17,20-21,24-26H2,1,3H3,(H,42,45)/b11-7+/t27-,31+,33-,36+,38-,40+/m1/s1. The number of benzene rings is 2. The average molecular weight is 709 g/mol. The van der Waals surface area contributed by atoms with Gasteiger partial charge >= 0.3 is 0 Å². The Morgan fingerprint density at radius 1 is 1.20 bits per heavy atom. The Kier molecular flexibility index (Phi) is 11.2. The quantitative estimate of drug-likeness (QED) is 0.193. The minimum Gasteiger partial charge on any atom is -0.490 e. The van der Waals surface area contributed by atoms with Crippen LogP contribution in [0.4, 0.5) is 5.69 Å². The van der Waals surface area contributed by atoms with E-state index >= 15 is 0 Å². The average Bonchev–Trinajstić information content (AvgIpc) is 3.89. The van der Waals surface area contributed by atoms with Crippen molar-refractivity contribution >= 4 is 33.2 Å². The Morgan fingerprint density at radius 3 is 2.73 bits per heavy atom. The molecule has 1 aliphatic heterocycles. The minimum atomic E-state index is -3.93. The fourth-order valence-electron chi connectivity index (χ4n) is 8.38. The smallest absolute Gasteiger partial charge is 0.264 e. The first kappa shape index (κ1) is 36.0. The number of anilines is 1. The monoisotopic (exact) mass is 708 g/mol. The van der Waals surface area contributed by atoms with Crippen LogP contribution in [0.3, 0.4) is 0 Å². The third kappa shape index (κ3) is 8.07. The number of hydrogen-bond donors (Lipinski definition) is 2. The molecule has 1 spiro atoms. The Balaban J connectivity index is 1.30. The maximum atomic E-state index is 13.7. The number of hydrogen-bond acceptors (Lipinski definition) is 6. The van der Waals surface area contributed by atoms with Crippen molar-refractivity contribution in [3.63, 3.8) is 0 Å². The molecule has 0 aromatic heterocycles. The van der Waals surface area contributed by atoms with Gasteiger partial charge < -0.3 is 14.7 Å². The minimum absolute atomic E-state index is 0.147. The molecule has 1 amide bonds. The lowest BCUT2D eigenvalue weighted by Gasteiger charge is -2.45. The maximum Gasteiger partial charge on any atom is 0.264 e. The summed E-state index contributed by atoms with van der Waals surface area (Å²) in [4.78, 5) is 16.1. The largest absolute Gasteiger partial charge is 0.490 e. The van der Waals surface area contributed by atoms with E-state index in [0.717, 1.165) is 68.5 Å². The van der Waals surface area contributed by atoms with Gasteiger partial charge in [0.2, 0.25) is 10.0 Å². The number of unbranched alkanes of at least 4 members (excludes halogenated alkanes) is 1. The number of carbonyl (C=O) groups excluding carboxylic acids is 1. The fourth-order valence-corrected chi connectivity index (χ4v) is 10.4. The number of rotatable bonds is 14. The summed E-state index contributed by atoms with van der Waals surface area (Å²) in [7, 11) is -3.93. The molecule has 0 unspecified atom stereocenters. The second-order valence-corrected chi connectivity index (χ2v) is 17.5. The molecule has 1 heterocycles. The summed E-state index contributed by atoms with van der Waals surface area (Å²) in [6.45, 7) is 9.75. The molecule has 0 radical (unpaired) electrons. The van der Waals surface area contributed by atoms with Crippen molar-refractivity contribution in [2.24, 2.45) is 23.7 Å². The lowest BCUT2D eigenvalue weighted by atomic mass is 9.68. The predicted molar refractivity (Wildman–Crippen MR) is 198 cm³/mol. The summed E-state index contributed by atoms with van der Waals surface area (Å²) in [5.41, 5.74) is 3.31. The topological polar surface area (TPSA) is 95.9 Å². The molecule has 3 aliphatic carbocycles. The number of halogens is 1. The van der Waals surface area contributed by atoms with Crippen molar-refractivity contribution < 1.29 is 23.1 Å². The number of amides is 1. The lowest BCUT2D eigenvalue weighted by molar-refractivity contribution is 0.0456. The Hall–Kier alpha value is -2.81. The normalized spacial score (nSPS) is 25.3. The number of aryl methyl sites for hydroxylation is 1. The molecule has 2 aromatic rings. The number of nitrogens with one attached hydrogen (secondary N) is 1. The highest BCUT2D eigenvalue weighted by Gasteiger charge is 2.44. The van der Waals surface area contributed by atoms with Crippen LogP contribution in [0.25, 0.3) is 0 Å². The Morgan fingerprint density at radius 2 is 2.02 bits per heavy atom. The van der Waals surface area contributed by atoms with Crippen molar-refractivity contribution in [2.75, 3.05) is 24.6 Å². The second kappa shape index (κ2) is 15.2. The summed E-state index contributed by atoms with van der Waals surface area (Å²) < 4.78 is 36.5. The van der Waals surface area contributed by atoms with E-state index in [0.29, 0.717) is 44.2 Å². The van der Waals surface area contributed by atoms with Gasteiger partial charge in [0.1, 0.15) is 5.75 Å². The van der Waals surface area contributed by atoms with Gasteiger partial charge in [0.05, 0.1) is 23.6 Å². The van der Waals surface area contributed by atoms with Crippen molar-refractivity contribution in [3.05, 3.63) is 82.9 Å². The van der Waals surface area contributed by atoms with E-state index < -0.39 is 27.3 Å². The first-order valence-corrected chi connectivity index (χ1v) is 20.3. The summed E-state index contributed by atoms with van der Waals surface area (Å²) in [6, 6.07) is 11.5. The molecule has 0 bridgehead atoms. The van der Waals surface area contributed by atoms with Crippen LogP contribution in [0.5, 0.6) is 5.75 Å². The predicted octanol–water partition coefficient (Wildman–Crippen LogP) is 8.00. The van der Waals surface area contributed by atoms with Crippen LogP contribution in [0.15, 0.2) is 61.2 Å². The van der Waals surface area contributed by atoms with Gasteiger partial charge in [-0.15, -0.1) is 6.58 Å². The van der Waals surface area contributed by atoms with E-state index in [1.54, 1.807) is 18.2 Å². The van der Waals surface area contributed by atoms with E-state index in [4.69, 9.17) is 16.3 Å². The highest BCUT2D eigenvalue weighted by Crippen LogP contribution is 2.47. The van der Waals surface area contributed by atoms with E-state index in [2.05, 4.69) is 41.3 Å². The maximum absolute atomic E-state index is 13.7. The second-order valence-electron chi connectivity index (χ2n) is 15.2. The molecular weight excluding hydrogens is 656 g/mol. The molecule has 7 nitrogen and oxygen atoms in total. The number of fused-ring (bicyclic) bond motifs is 3. The van der Waals surface area contributed by atoms with Crippen LogP contribution in [0.1, 0.15) is 99.5 Å². The molecule has 0 saturated heterocycles. The fraction of sp³-hybridized carbons (Fsp3) is 0.575. The third-order valence-electron chi connectivity index (χ3n) is 11.5. The molecule has 9 heteroatoms. The summed E-state index contributed by atoms with van der Waals surface area (Å²) >= 11 is 6.44. The van der Waals surface area contributed by atoms with Crippen molar-refractivity contribution in [3.8, 4) is 5.75 Å². The zero-order valence-corrected chi connectivity index (χ0v) is 30.7. The van der Waals surface area contributed by atoms with Crippen LogP contribution >= 0.6 is 11.6 Å². The van der Waals surface area contributed by atoms with Gasteiger partial charge in [-0.3, -0.25) is 4.79 Å². The number of aliphatic hydroxyl groups excluding tert-OH is 1. The number of ether oxygens (including phenoxy) is 1. The molecule has 49 heavy (non-hydrogen) atoms. The van der Waals surface area contributed by atoms with Crippen LogP contribution < -0.4 is 14.4 Å². The van der Waals surface area contributed by atoms with Crippen LogP contribution in [-0.4, -0.2) is 50.5 Å². The van der Waals surface area contributed by atoms with Crippen LogP contribution in [-0.2, 0) is 21.9 Å². The zero-order chi connectivity index (χ0) is 34.8. The van der Waals surface area contributed by atoms with Gasteiger partial charge in [0, 0.05) is 29.1 Å². The highest BCUT2D eigenvalue weighted by atomic mass is 35.5. The van der Waals surface area contributed by atoms with Crippen LogP contribution in [0.2, 0.25) is 5.02 Å².